The Bertz CT molecular complexity index is 215. The first-order valence-corrected chi connectivity index (χ1v) is 6.73. The van der Waals surface area contributed by atoms with Gasteiger partial charge in [0.15, 0.2) is 0 Å². The van der Waals surface area contributed by atoms with Crippen molar-refractivity contribution in [3.63, 3.8) is 0 Å². The second kappa shape index (κ2) is 4.08. The van der Waals surface area contributed by atoms with Gasteiger partial charge in [0.2, 0.25) is 0 Å². The van der Waals surface area contributed by atoms with Gasteiger partial charge in [-0.05, 0) is 49.4 Å². The predicted octanol–water partition coefficient (Wildman–Crippen LogP) is 3.74. The van der Waals surface area contributed by atoms with Crippen LogP contribution in [0.1, 0.15) is 65.7 Å². The van der Waals surface area contributed by atoms with Crippen molar-refractivity contribution in [2.45, 2.75) is 71.8 Å². The minimum Gasteiger partial charge on any atom is -0.313 e. The van der Waals surface area contributed by atoms with Crippen LogP contribution in [0.3, 0.4) is 0 Å². The molecule has 15 heavy (non-hydrogen) atoms. The highest BCUT2D eigenvalue weighted by Gasteiger charge is 2.37. The Labute approximate surface area is 95.0 Å². The molecule has 1 atom stereocenters. The lowest BCUT2D eigenvalue weighted by Gasteiger charge is -2.22. The molecule has 2 aliphatic rings. The van der Waals surface area contributed by atoms with Crippen LogP contribution < -0.4 is 5.32 Å². The molecule has 1 heteroatoms. The Kier molecular flexibility index (Phi) is 3.12. The fourth-order valence-corrected chi connectivity index (χ4v) is 2.65. The maximum atomic E-state index is 3.80. The van der Waals surface area contributed by atoms with Crippen LogP contribution in [0.25, 0.3) is 0 Å². The summed E-state index contributed by atoms with van der Waals surface area (Å²) in [6.45, 7) is 8.54. The topological polar surface area (TPSA) is 12.0 Å². The van der Waals surface area contributed by atoms with Crippen molar-refractivity contribution in [2.75, 3.05) is 6.54 Å². The van der Waals surface area contributed by atoms with E-state index in [1.165, 1.54) is 51.5 Å². The summed E-state index contributed by atoms with van der Waals surface area (Å²) in [5, 5.41) is 3.80. The smallest absolute Gasteiger partial charge is 0.00674 e. The van der Waals surface area contributed by atoms with E-state index in [1.807, 2.05) is 0 Å². The molecule has 0 spiro atoms. The minimum absolute atomic E-state index is 0.597. The van der Waals surface area contributed by atoms with Gasteiger partial charge in [-0.3, -0.25) is 0 Å². The van der Waals surface area contributed by atoms with Gasteiger partial charge in [0.25, 0.3) is 0 Å². The van der Waals surface area contributed by atoms with Crippen LogP contribution in [0, 0.1) is 10.8 Å². The highest BCUT2D eigenvalue weighted by Crippen LogP contribution is 2.44. The van der Waals surface area contributed by atoms with Crippen LogP contribution in [-0.4, -0.2) is 12.6 Å². The summed E-state index contributed by atoms with van der Waals surface area (Å²) in [7, 11) is 0. The molecule has 1 nitrogen and oxygen atoms in total. The number of hydrogen-bond acceptors (Lipinski definition) is 1. The Morgan fingerprint density at radius 1 is 1.00 bits per heavy atom. The van der Waals surface area contributed by atoms with Gasteiger partial charge in [0.05, 0.1) is 0 Å². The fraction of sp³-hybridized carbons (Fsp3) is 1.00. The molecule has 0 amide bonds. The SMILES string of the molecule is CC1(C)CCCC(NCC2(C)CC2)CC1. The molecular weight excluding hydrogens is 182 g/mol. The molecule has 0 saturated heterocycles. The summed E-state index contributed by atoms with van der Waals surface area (Å²) in [5.74, 6) is 0. The molecule has 0 aromatic rings. The summed E-state index contributed by atoms with van der Waals surface area (Å²) < 4.78 is 0. The second-order valence-corrected chi connectivity index (χ2v) is 6.98. The van der Waals surface area contributed by atoms with Crippen molar-refractivity contribution in [2.24, 2.45) is 10.8 Å². The van der Waals surface area contributed by atoms with Crippen LogP contribution in [0.5, 0.6) is 0 Å². The van der Waals surface area contributed by atoms with E-state index in [0.717, 1.165) is 6.04 Å². The van der Waals surface area contributed by atoms with E-state index in [2.05, 4.69) is 26.1 Å². The molecule has 2 fully saturated rings. The van der Waals surface area contributed by atoms with Crippen LogP contribution in [0.4, 0.5) is 0 Å². The molecule has 0 aromatic heterocycles. The van der Waals surface area contributed by atoms with Crippen LogP contribution in [-0.2, 0) is 0 Å². The normalized spacial score (nSPS) is 33.4. The summed E-state index contributed by atoms with van der Waals surface area (Å²) in [4.78, 5) is 0. The predicted molar refractivity (Wildman–Crippen MR) is 66.0 cm³/mol. The fourth-order valence-electron chi connectivity index (χ4n) is 2.65. The summed E-state index contributed by atoms with van der Waals surface area (Å²) in [5.41, 5.74) is 1.27. The Balaban J connectivity index is 1.73. The monoisotopic (exact) mass is 209 g/mol. The van der Waals surface area contributed by atoms with Crippen LogP contribution >= 0.6 is 0 Å². The zero-order valence-electron chi connectivity index (χ0n) is 10.7. The number of hydrogen-bond donors (Lipinski definition) is 1. The van der Waals surface area contributed by atoms with Gasteiger partial charge < -0.3 is 5.32 Å². The summed E-state index contributed by atoms with van der Waals surface area (Å²) in [6.07, 6.45) is 9.92. The molecule has 2 saturated carbocycles. The molecule has 0 heterocycles. The highest BCUT2D eigenvalue weighted by molar-refractivity contribution is 4.91. The average Bonchev–Trinajstić information content (AvgIpc) is 2.89. The third-order valence-corrected chi connectivity index (χ3v) is 4.50. The highest BCUT2D eigenvalue weighted by atomic mass is 14.9. The third-order valence-electron chi connectivity index (χ3n) is 4.50. The van der Waals surface area contributed by atoms with Gasteiger partial charge in [-0.2, -0.15) is 0 Å². The average molecular weight is 209 g/mol. The van der Waals surface area contributed by atoms with E-state index in [4.69, 9.17) is 0 Å². The molecular formula is C14H27N. The molecule has 1 N–H and O–H groups in total. The Morgan fingerprint density at radius 3 is 2.40 bits per heavy atom. The molecule has 88 valence electrons. The van der Waals surface area contributed by atoms with Crippen LogP contribution in [0.15, 0.2) is 0 Å². The summed E-state index contributed by atoms with van der Waals surface area (Å²) in [6, 6.07) is 0.809. The van der Waals surface area contributed by atoms with Gasteiger partial charge in [-0.15, -0.1) is 0 Å². The van der Waals surface area contributed by atoms with Gasteiger partial charge >= 0.3 is 0 Å². The molecule has 2 aliphatic carbocycles. The van der Waals surface area contributed by atoms with Crippen molar-refractivity contribution < 1.29 is 0 Å². The molecule has 1 unspecified atom stereocenters. The lowest BCUT2D eigenvalue weighted by atomic mass is 9.85. The first kappa shape index (κ1) is 11.4. The molecule has 0 aromatic carbocycles. The zero-order valence-corrected chi connectivity index (χ0v) is 10.7. The van der Waals surface area contributed by atoms with Crippen molar-refractivity contribution in [1.29, 1.82) is 0 Å². The standard InChI is InChI=1S/C14H27N/c1-13(2)7-4-5-12(6-8-13)15-11-14(3)9-10-14/h12,15H,4-11H2,1-3H3. The Hall–Kier alpha value is -0.0400. The first-order chi connectivity index (χ1) is 6.99. The van der Waals surface area contributed by atoms with Crippen molar-refractivity contribution in [3.05, 3.63) is 0 Å². The molecule has 0 radical (unpaired) electrons. The van der Waals surface area contributed by atoms with E-state index < -0.39 is 0 Å². The largest absolute Gasteiger partial charge is 0.313 e. The lowest BCUT2D eigenvalue weighted by Crippen LogP contribution is -2.33. The number of nitrogens with one attached hydrogen (secondary N) is 1. The zero-order chi connectivity index (χ0) is 10.9. The maximum absolute atomic E-state index is 3.80. The third kappa shape index (κ3) is 3.48. The lowest BCUT2D eigenvalue weighted by molar-refractivity contribution is 0.308. The van der Waals surface area contributed by atoms with Crippen LogP contribution in [0.2, 0.25) is 0 Å². The minimum atomic E-state index is 0.597. The van der Waals surface area contributed by atoms with E-state index in [9.17, 15) is 0 Å². The maximum Gasteiger partial charge on any atom is 0.00674 e. The molecule has 0 aliphatic heterocycles. The van der Waals surface area contributed by atoms with Gasteiger partial charge in [0, 0.05) is 12.6 Å². The quantitative estimate of drug-likeness (QED) is 0.698. The van der Waals surface area contributed by atoms with Crippen molar-refractivity contribution >= 4 is 0 Å². The number of rotatable bonds is 3. The van der Waals surface area contributed by atoms with E-state index >= 15 is 0 Å². The van der Waals surface area contributed by atoms with E-state index in [-0.39, 0.29) is 0 Å². The van der Waals surface area contributed by atoms with Gasteiger partial charge in [-0.25, -0.2) is 0 Å². The molecule has 2 rings (SSSR count). The van der Waals surface area contributed by atoms with E-state index in [1.54, 1.807) is 0 Å². The summed E-state index contributed by atoms with van der Waals surface area (Å²) >= 11 is 0. The first-order valence-electron chi connectivity index (χ1n) is 6.73. The second-order valence-electron chi connectivity index (χ2n) is 6.98. The Morgan fingerprint density at radius 2 is 1.73 bits per heavy atom. The van der Waals surface area contributed by atoms with Gasteiger partial charge in [-0.1, -0.05) is 27.2 Å². The van der Waals surface area contributed by atoms with E-state index in [0.29, 0.717) is 10.8 Å². The van der Waals surface area contributed by atoms with Gasteiger partial charge in [0.1, 0.15) is 0 Å². The molecule has 0 bridgehead atoms. The van der Waals surface area contributed by atoms with Crippen molar-refractivity contribution in [3.8, 4) is 0 Å². The van der Waals surface area contributed by atoms with Crippen molar-refractivity contribution in [1.82, 2.24) is 5.32 Å².